The van der Waals surface area contributed by atoms with E-state index in [0.29, 0.717) is 0 Å². The van der Waals surface area contributed by atoms with E-state index in [0.717, 1.165) is 22.5 Å². The fourth-order valence-electron chi connectivity index (χ4n) is 0.657. The first-order chi connectivity index (χ1) is 4.83. The van der Waals surface area contributed by atoms with Gasteiger partial charge in [0, 0.05) is 5.38 Å². The number of thiazole rings is 1. The van der Waals surface area contributed by atoms with Gasteiger partial charge in [-0.1, -0.05) is 0 Å². The standard InChI is InChI=1S/C6H8BrNS2/c7-6-8-5(4-10-6)2-1-3-9/h4,9H,1-3H2. The first kappa shape index (κ1) is 8.56. The summed E-state index contributed by atoms with van der Waals surface area (Å²) in [5.41, 5.74) is 1.17. The van der Waals surface area contributed by atoms with E-state index >= 15 is 0 Å². The summed E-state index contributed by atoms with van der Waals surface area (Å²) < 4.78 is 0.974. The molecule has 1 nitrogen and oxygen atoms in total. The Hall–Kier alpha value is 0.460. The molecule has 4 heteroatoms. The van der Waals surface area contributed by atoms with Gasteiger partial charge in [-0.2, -0.15) is 12.6 Å². The lowest BCUT2D eigenvalue weighted by Crippen LogP contribution is -1.84. The van der Waals surface area contributed by atoms with Crippen LogP contribution in [0.1, 0.15) is 12.1 Å². The second kappa shape index (κ2) is 4.36. The van der Waals surface area contributed by atoms with Crippen LogP contribution in [0, 0.1) is 0 Å². The van der Waals surface area contributed by atoms with E-state index in [-0.39, 0.29) is 0 Å². The molecule has 0 atom stereocenters. The van der Waals surface area contributed by atoms with Gasteiger partial charge < -0.3 is 0 Å². The molecule has 1 aromatic rings. The number of aromatic nitrogens is 1. The van der Waals surface area contributed by atoms with Crippen molar-refractivity contribution in [2.75, 3.05) is 5.75 Å². The Morgan fingerprint density at radius 3 is 3.00 bits per heavy atom. The second-order valence-corrected chi connectivity index (χ2v) is 4.50. The molecule has 0 spiro atoms. The molecule has 0 aliphatic rings. The van der Waals surface area contributed by atoms with Crippen LogP contribution >= 0.6 is 39.9 Å². The SMILES string of the molecule is SCCCc1csc(Br)n1. The summed E-state index contributed by atoms with van der Waals surface area (Å²) in [6, 6.07) is 0. The summed E-state index contributed by atoms with van der Waals surface area (Å²) in [5.74, 6) is 0.940. The summed E-state index contributed by atoms with van der Waals surface area (Å²) in [6.45, 7) is 0. The second-order valence-electron chi connectivity index (χ2n) is 1.92. The Labute approximate surface area is 78.4 Å². The van der Waals surface area contributed by atoms with Gasteiger partial charge in [0.1, 0.15) is 0 Å². The highest BCUT2D eigenvalue weighted by molar-refractivity contribution is 9.11. The van der Waals surface area contributed by atoms with Crippen LogP contribution in [0.25, 0.3) is 0 Å². The van der Waals surface area contributed by atoms with Gasteiger partial charge in [0.2, 0.25) is 0 Å². The molecule has 0 unspecified atom stereocenters. The highest BCUT2D eigenvalue weighted by atomic mass is 79.9. The van der Waals surface area contributed by atoms with Gasteiger partial charge in [0.05, 0.1) is 5.69 Å². The lowest BCUT2D eigenvalue weighted by atomic mass is 10.3. The van der Waals surface area contributed by atoms with Gasteiger partial charge >= 0.3 is 0 Å². The number of halogens is 1. The molecule has 0 saturated carbocycles. The maximum atomic E-state index is 4.25. The maximum Gasteiger partial charge on any atom is 0.159 e. The predicted molar refractivity (Wildman–Crippen MR) is 52.0 cm³/mol. The summed E-state index contributed by atoms with van der Waals surface area (Å²) in [4.78, 5) is 4.25. The van der Waals surface area contributed by atoms with Crippen molar-refractivity contribution in [2.24, 2.45) is 0 Å². The van der Waals surface area contributed by atoms with Crippen molar-refractivity contribution in [2.45, 2.75) is 12.8 Å². The number of hydrogen-bond acceptors (Lipinski definition) is 3. The van der Waals surface area contributed by atoms with Crippen LogP contribution in [0.3, 0.4) is 0 Å². The molecule has 1 rings (SSSR count). The Bertz CT molecular complexity index is 199. The van der Waals surface area contributed by atoms with Crippen LogP contribution in [-0.4, -0.2) is 10.7 Å². The van der Waals surface area contributed by atoms with E-state index < -0.39 is 0 Å². The molecule has 0 aliphatic heterocycles. The molecule has 1 heterocycles. The third-order valence-electron chi connectivity index (χ3n) is 1.11. The predicted octanol–water partition coefficient (Wildman–Crippen LogP) is 2.77. The number of rotatable bonds is 3. The summed E-state index contributed by atoms with van der Waals surface area (Å²) in [5, 5.41) is 2.08. The number of nitrogens with zero attached hydrogens (tertiary/aromatic N) is 1. The molecule has 56 valence electrons. The van der Waals surface area contributed by atoms with Gasteiger partial charge in [-0.15, -0.1) is 11.3 Å². The fourth-order valence-corrected chi connectivity index (χ4v) is 1.90. The normalized spacial score (nSPS) is 10.2. The smallest absolute Gasteiger partial charge is 0.159 e. The van der Waals surface area contributed by atoms with Crippen LogP contribution in [0.15, 0.2) is 9.30 Å². The minimum Gasteiger partial charge on any atom is -0.234 e. The molecule has 10 heavy (non-hydrogen) atoms. The van der Waals surface area contributed by atoms with Crippen molar-refractivity contribution in [1.82, 2.24) is 4.98 Å². The molecule has 0 amide bonds. The van der Waals surface area contributed by atoms with Crippen LogP contribution in [0.4, 0.5) is 0 Å². The van der Waals surface area contributed by atoms with E-state index in [1.54, 1.807) is 11.3 Å². The summed E-state index contributed by atoms with van der Waals surface area (Å²) >= 11 is 9.07. The third kappa shape index (κ3) is 2.60. The van der Waals surface area contributed by atoms with Crippen LogP contribution in [-0.2, 0) is 6.42 Å². The monoisotopic (exact) mass is 237 g/mol. The first-order valence-electron chi connectivity index (χ1n) is 3.03. The van der Waals surface area contributed by atoms with E-state index in [4.69, 9.17) is 0 Å². The fraction of sp³-hybridized carbons (Fsp3) is 0.500. The van der Waals surface area contributed by atoms with Gasteiger partial charge in [0.15, 0.2) is 3.92 Å². The van der Waals surface area contributed by atoms with Crippen molar-refractivity contribution in [3.63, 3.8) is 0 Å². The zero-order valence-corrected chi connectivity index (χ0v) is 8.68. The van der Waals surface area contributed by atoms with Crippen molar-refractivity contribution in [1.29, 1.82) is 0 Å². The van der Waals surface area contributed by atoms with Crippen molar-refractivity contribution in [3.8, 4) is 0 Å². The zero-order chi connectivity index (χ0) is 7.40. The maximum absolute atomic E-state index is 4.25. The van der Waals surface area contributed by atoms with E-state index in [1.165, 1.54) is 5.69 Å². The molecule has 0 fully saturated rings. The molecular weight excluding hydrogens is 230 g/mol. The number of aryl methyl sites for hydroxylation is 1. The highest BCUT2D eigenvalue weighted by Crippen LogP contribution is 2.16. The van der Waals surface area contributed by atoms with E-state index in [1.807, 2.05) is 0 Å². The quantitative estimate of drug-likeness (QED) is 0.799. The van der Waals surface area contributed by atoms with Crippen molar-refractivity contribution >= 4 is 39.9 Å². The van der Waals surface area contributed by atoms with Crippen molar-refractivity contribution < 1.29 is 0 Å². The number of thiol groups is 1. The van der Waals surface area contributed by atoms with E-state index in [2.05, 4.69) is 38.9 Å². The van der Waals surface area contributed by atoms with Gasteiger partial charge in [0.25, 0.3) is 0 Å². The molecule has 0 bridgehead atoms. The van der Waals surface area contributed by atoms with Gasteiger partial charge in [-0.3, -0.25) is 0 Å². The highest BCUT2D eigenvalue weighted by Gasteiger charge is 1.96. The Morgan fingerprint density at radius 1 is 1.70 bits per heavy atom. The lowest BCUT2D eigenvalue weighted by Gasteiger charge is -1.89. The number of hydrogen-bond donors (Lipinski definition) is 1. The third-order valence-corrected chi connectivity index (χ3v) is 2.84. The largest absolute Gasteiger partial charge is 0.234 e. The van der Waals surface area contributed by atoms with Crippen LogP contribution in [0.2, 0.25) is 0 Å². The molecule has 0 saturated heterocycles. The van der Waals surface area contributed by atoms with Gasteiger partial charge in [-0.25, -0.2) is 4.98 Å². The van der Waals surface area contributed by atoms with Gasteiger partial charge in [-0.05, 0) is 34.5 Å². The lowest BCUT2D eigenvalue weighted by molar-refractivity contribution is 0.902. The van der Waals surface area contributed by atoms with Crippen molar-refractivity contribution in [3.05, 3.63) is 15.0 Å². The topological polar surface area (TPSA) is 12.9 Å². The minimum absolute atomic E-state index is 0.940. The zero-order valence-electron chi connectivity index (χ0n) is 5.38. The van der Waals surface area contributed by atoms with Crippen LogP contribution in [0.5, 0.6) is 0 Å². The summed E-state index contributed by atoms with van der Waals surface area (Å²) in [7, 11) is 0. The molecule has 1 aromatic heterocycles. The molecular formula is C6H8BrNS2. The molecule has 0 N–H and O–H groups in total. The molecule has 0 aliphatic carbocycles. The Morgan fingerprint density at radius 2 is 2.50 bits per heavy atom. The van der Waals surface area contributed by atoms with E-state index in [9.17, 15) is 0 Å². The average Bonchev–Trinajstić information content (AvgIpc) is 2.31. The summed E-state index contributed by atoms with van der Waals surface area (Å²) in [6.07, 6.45) is 2.16. The van der Waals surface area contributed by atoms with Crippen LogP contribution < -0.4 is 0 Å². The Kier molecular flexibility index (Phi) is 3.73. The first-order valence-corrected chi connectivity index (χ1v) is 5.34. The molecule has 0 radical (unpaired) electrons. The Balaban J connectivity index is 2.42. The minimum atomic E-state index is 0.940. The molecule has 0 aromatic carbocycles. The average molecular weight is 238 g/mol.